The van der Waals surface area contributed by atoms with Crippen molar-refractivity contribution in [3.63, 3.8) is 0 Å². The van der Waals surface area contributed by atoms with E-state index in [1.54, 1.807) is 18.2 Å². The molecule has 8 bridgehead atoms. The second kappa shape index (κ2) is 10.0. The van der Waals surface area contributed by atoms with E-state index in [1.165, 1.54) is 70.3 Å². The van der Waals surface area contributed by atoms with Crippen molar-refractivity contribution in [1.29, 1.82) is 0 Å². The molecule has 0 aromatic heterocycles. The van der Waals surface area contributed by atoms with Gasteiger partial charge in [0.2, 0.25) is 20.0 Å². The van der Waals surface area contributed by atoms with Crippen LogP contribution in [0.2, 0.25) is 0 Å². The van der Waals surface area contributed by atoms with Crippen LogP contribution in [0.4, 0.5) is 5.69 Å². The molecule has 45 heavy (non-hydrogen) atoms. The number of rotatable bonds is 8. The van der Waals surface area contributed by atoms with E-state index in [0.29, 0.717) is 45.9 Å². The van der Waals surface area contributed by atoms with Gasteiger partial charge in [-0.3, -0.25) is 4.79 Å². The molecular weight excluding hydrogens is 607 g/mol. The average molecular weight is 652 g/mol. The first kappa shape index (κ1) is 29.2. The fourth-order valence-electron chi connectivity index (χ4n) is 12.7. The predicted molar refractivity (Wildman–Crippen MR) is 173 cm³/mol. The third-order valence-electron chi connectivity index (χ3n) is 13.6. The number of anilines is 1. The van der Waals surface area contributed by atoms with Gasteiger partial charge in [-0.25, -0.2) is 26.3 Å². The van der Waals surface area contributed by atoms with E-state index in [-0.39, 0.29) is 33.5 Å². The van der Waals surface area contributed by atoms with Gasteiger partial charge in [0.05, 0.1) is 10.6 Å². The molecule has 2 atom stereocenters. The zero-order chi connectivity index (χ0) is 31.0. The molecule has 1 aliphatic heterocycles. The second-order valence-electron chi connectivity index (χ2n) is 16.3. The van der Waals surface area contributed by atoms with E-state index in [1.807, 2.05) is 13.8 Å². The van der Waals surface area contributed by atoms with Crippen molar-refractivity contribution in [2.75, 3.05) is 5.32 Å². The molecule has 8 aliphatic carbocycles. The van der Waals surface area contributed by atoms with Gasteiger partial charge in [0.1, 0.15) is 4.90 Å². The Labute approximate surface area is 267 Å². The van der Waals surface area contributed by atoms with Gasteiger partial charge in [-0.2, -0.15) is 0 Å². The molecule has 2 unspecified atom stereocenters. The van der Waals surface area contributed by atoms with Crippen molar-refractivity contribution >= 4 is 42.4 Å². The lowest BCUT2D eigenvalue weighted by Crippen LogP contribution is -2.53. The minimum absolute atomic E-state index is 0.0714. The van der Waals surface area contributed by atoms with Gasteiger partial charge in [0.25, 0.3) is 5.91 Å². The second-order valence-corrected chi connectivity index (χ2v) is 19.6. The molecule has 8 fully saturated rings. The molecule has 10 heteroatoms. The maximum Gasteiger partial charge on any atom is 0.256 e. The number of nitrogens with one attached hydrogen (secondary N) is 3. The molecule has 1 amide bonds. The Morgan fingerprint density at radius 3 is 1.58 bits per heavy atom. The summed E-state index contributed by atoms with van der Waals surface area (Å²) in [6.45, 7) is 3.96. The zero-order valence-electron chi connectivity index (χ0n) is 26.2. The van der Waals surface area contributed by atoms with Crippen LogP contribution in [0, 0.1) is 59.2 Å². The average Bonchev–Trinajstić information content (AvgIpc) is 3.28. The van der Waals surface area contributed by atoms with Gasteiger partial charge < -0.3 is 5.32 Å². The van der Waals surface area contributed by atoms with E-state index < -0.39 is 26.0 Å². The Morgan fingerprint density at radius 1 is 0.667 bits per heavy atom. The lowest BCUT2D eigenvalue weighted by Gasteiger charge is -2.56. The molecule has 3 N–H and O–H groups in total. The minimum atomic E-state index is -4.17. The lowest BCUT2D eigenvalue weighted by molar-refractivity contribution is -0.0464. The highest BCUT2D eigenvalue weighted by atomic mass is 32.2. The van der Waals surface area contributed by atoms with Gasteiger partial charge in [0.15, 0.2) is 0 Å². The molecule has 2 aromatic rings. The molecule has 11 rings (SSSR count). The fraction of sp³-hybridized carbons (Fsp3) is 0.686. The Morgan fingerprint density at radius 2 is 1.11 bits per heavy atom. The number of carbonyl (C=O) groups is 1. The summed E-state index contributed by atoms with van der Waals surface area (Å²) in [7, 11) is -8.29. The monoisotopic (exact) mass is 651 g/mol. The maximum atomic E-state index is 14.3. The van der Waals surface area contributed by atoms with Crippen LogP contribution in [-0.4, -0.2) is 34.8 Å². The molecule has 0 saturated heterocycles. The molecule has 8 saturated carbocycles. The summed E-state index contributed by atoms with van der Waals surface area (Å²) in [4.78, 5) is 12.8. The molecular formula is C35H45N3O5S2. The SMILES string of the molecule is CC(NS(=O)(=O)c1cc(S(=O)(=O)NC(C)C2C3CC4CC(C3)CC2C4)c2cccc3c2c1NC3=O)C1C2CC3CC(C2)CC1C3. The van der Waals surface area contributed by atoms with Crippen molar-refractivity contribution in [3.8, 4) is 0 Å². The highest BCUT2D eigenvalue weighted by Crippen LogP contribution is 2.58. The van der Waals surface area contributed by atoms with Gasteiger partial charge in [0, 0.05) is 28.4 Å². The molecule has 0 radical (unpaired) electrons. The Bertz CT molecular complexity index is 1770. The summed E-state index contributed by atoms with van der Waals surface area (Å²) in [6, 6.07) is 5.75. The summed E-state index contributed by atoms with van der Waals surface area (Å²) < 4.78 is 63.2. The number of hydrogen-bond acceptors (Lipinski definition) is 5. The van der Waals surface area contributed by atoms with Crippen LogP contribution in [0.25, 0.3) is 10.8 Å². The molecule has 8 nitrogen and oxygen atoms in total. The number of benzene rings is 2. The zero-order valence-corrected chi connectivity index (χ0v) is 27.8. The van der Waals surface area contributed by atoms with Gasteiger partial charge in [-0.05, 0) is 149 Å². The van der Waals surface area contributed by atoms with Crippen LogP contribution < -0.4 is 14.8 Å². The maximum absolute atomic E-state index is 14.3. The number of carbonyl (C=O) groups excluding carboxylic acids is 1. The normalized spacial score (nSPS) is 39.0. The fourth-order valence-corrected chi connectivity index (χ4v) is 15.7. The lowest BCUT2D eigenvalue weighted by atomic mass is 9.51. The first-order valence-electron chi connectivity index (χ1n) is 17.4. The van der Waals surface area contributed by atoms with Crippen LogP contribution >= 0.6 is 0 Å². The smallest absolute Gasteiger partial charge is 0.256 e. The summed E-state index contributed by atoms with van der Waals surface area (Å²) in [5.74, 6) is 5.44. The van der Waals surface area contributed by atoms with Crippen LogP contribution in [0.1, 0.15) is 88.4 Å². The third-order valence-corrected chi connectivity index (χ3v) is 16.8. The third kappa shape index (κ3) is 4.51. The first-order valence-corrected chi connectivity index (χ1v) is 20.4. The van der Waals surface area contributed by atoms with E-state index in [9.17, 15) is 21.6 Å². The van der Waals surface area contributed by atoms with Gasteiger partial charge in [-0.15, -0.1) is 0 Å². The highest BCUT2D eigenvalue weighted by Gasteiger charge is 2.52. The molecule has 9 aliphatic rings. The standard InChI is InChI=1S/C35H45N3O5S2/c1-17(31-23-8-19-6-20(10-23)11-24(31)9-19)37-44(40,41)29-16-30(34-33-27(29)4-3-5-28(33)35(39)36-34)45(42,43)38-18(2)32-25-12-21-7-22(14-25)15-26(32)13-21/h3-5,16-26,31-32,37-38H,6-15H2,1-2H3,(H,36,39). The van der Waals surface area contributed by atoms with E-state index in [4.69, 9.17) is 0 Å². The predicted octanol–water partition coefficient (Wildman–Crippen LogP) is 5.88. The quantitative estimate of drug-likeness (QED) is 0.329. The summed E-state index contributed by atoms with van der Waals surface area (Å²) in [5, 5.41) is 3.53. The highest BCUT2D eigenvalue weighted by molar-refractivity contribution is 7.90. The topological polar surface area (TPSA) is 121 Å². The Hall–Kier alpha value is -2.01. The number of amides is 1. The molecule has 0 spiro atoms. The summed E-state index contributed by atoms with van der Waals surface area (Å²) in [6.07, 6.45) is 12.1. The van der Waals surface area contributed by atoms with Crippen LogP contribution in [0.3, 0.4) is 0 Å². The first-order chi connectivity index (χ1) is 21.4. The van der Waals surface area contributed by atoms with Crippen LogP contribution in [0.15, 0.2) is 34.1 Å². The molecule has 1 heterocycles. The van der Waals surface area contributed by atoms with Crippen molar-refractivity contribution < 1.29 is 21.6 Å². The van der Waals surface area contributed by atoms with Crippen molar-refractivity contribution in [3.05, 3.63) is 29.8 Å². The number of sulfonamides is 2. The largest absolute Gasteiger partial charge is 0.320 e. The Balaban J connectivity index is 1.07. The minimum Gasteiger partial charge on any atom is -0.320 e. The summed E-state index contributed by atoms with van der Waals surface area (Å²) >= 11 is 0. The summed E-state index contributed by atoms with van der Waals surface area (Å²) in [5.41, 5.74) is 0.489. The number of hydrogen-bond donors (Lipinski definition) is 3. The van der Waals surface area contributed by atoms with E-state index in [2.05, 4.69) is 14.8 Å². The van der Waals surface area contributed by atoms with Gasteiger partial charge >= 0.3 is 0 Å². The molecule has 242 valence electrons. The van der Waals surface area contributed by atoms with Crippen molar-refractivity contribution in [2.45, 2.75) is 99.9 Å². The molecule has 2 aromatic carbocycles. The van der Waals surface area contributed by atoms with E-state index >= 15 is 0 Å². The van der Waals surface area contributed by atoms with Crippen molar-refractivity contribution in [2.24, 2.45) is 59.2 Å². The van der Waals surface area contributed by atoms with Gasteiger partial charge in [-0.1, -0.05) is 12.1 Å². The van der Waals surface area contributed by atoms with E-state index in [0.717, 1.165) is 23.7 Å². The van der Waals surface area contributed by atoms with Crippen molar-refractivity contribution in [1.82, 2.24) is 9.44 Å². The van der Waals surface area contributed by atoms with Crippen LogP contribution in [0.5, 0.6) is 0 Å². The Kier molecular flexibility index (Phi) is 6.48. The van der Waals surface area contributed by atoms with Crippen LogP contribution in [-0.2, 0) is 20.0 Å².